The van der Waals surface area contributed by atoms with E-state index in [0.29, 0.717) is 12.0 Å². The van der Waals surface area contributed by atoms with E-state index in [2.05, 4.69) is 25.7 Å². The van der Waals surface area contributed by atoms with Gasteiger partial charge in [-0.2, -0.15) is 0 Å². The van der Waals surface area contributed by atoms with Crippen molar-refractivity contribution in [2.45, 2.75) is 45.8 Å². The fraction of sp³-hybridized carbons (Fsp3) is 1.00. The van der Waals surface area contributed by atoms with Crippen molar-refractivity contribution < 1.29 is 5.11 Å². The molecule has 2 rings (SSSR count). The fourth-order valence-electron chi connectivity index (χ4n) is 3.03. The van der Waals surface area contributed by atoms with Crippen molar-refractivity contribution >= 4 is 0 Å². The average Bonchev–Trinajstić information content (AvgIpc) is 2.67. The largest absolute Gasteiger partial charge is 0.393 e. The molecule has 1 saturated heterocycles. The first-order valence-corrected chi connectivity index (χ1v) is 6.01. The molecular formula is C12H23NO. The smallest absolute Gasteiger partial charge is 0.0583 e. The van der Waals surface area contributed by atoms with Crippen molar-refractivity contribution in [1.29, 1.82) is 0 Å². The van der Waals surface area contributed by atoms with Crippen LogP contribution in [-0.2, 0) is 0 Å². The number of rotatable bonds is 2. The molecular weight excluding hydrogens is 174 g/mol. The summed E-state index contributed by atoms with van der Waals surface area (Å²) < 4.78 is 0. The van der Waals surface area contributed by atoms with Gasteiger partial charge in [0, 0.05) is 25.0 Å². The lowest BCUT2D eigenvalue weighted by molar-refractivity contribution is 0.114. The summed E-state index contributed by atoms with van der Waals surface area (Å²) in [5.74, 6) is 2.09. The molecule has 0 radical (unpaired) electrons. The van der Waals surface area contributed by atoms with Crippen molar-refractivity contribution in [2.24, 2.45) is 17.8 Å². The van der Waals surface area contributed by atoms with E-state index in [0.717, 1.165) is 24.8 Å². The van der Waals surface area contributed by atoms with Crippen molar-refractivity contribution in [3.8, 4) is 0 Å². The van der Waals surface area contributed by atoms with Gasteiger partial charge >= 0.3 is 0 Å². The van der Waals surface area contributed by atoms with Gasteiger partial charge in [0.05, 0.1) is 6.10 Å². The van der Waals surface area contributed by atoms with E-state index in [-0.39, 0.29) is 6.10 Å². The second-order valence-corrected chi connectivity index (χ2v) is 5.51. The van der Waals surface area contributed by atoms with Crippen molar-refractivity contribution in [2.75, 3.05) is 13.1 Å². The van der Waals surface area contributed by atoms with Crippen LogP contribution in [0.4, 0.5) is 0 Å². The third kappa shape index (κ3) is 1.70. The topological polar surface area (TPSA) is 23.5 Å². The molecule has 0 amide bonds. The van der Waals surface area contributed by atoms with E-state index in [1.165, 1.54) is 13.0 Å². The van der Waals surface area contributed by atoms with Gasteiger partial charge in [-0.25, -0.2) is 0 Å². The molecule has 2 nitrogen and oxygen atoms in total. The summed E-state index contributed by atoms with van der Waals surface area (Å²) >= 11 is 0. The van der Waals surface area contributed by atoms with E-state index in [1.54, 1.807) is 0 Å². The predicted molar refractivity (Wildman–Crippen MR) is 58.1 cm³/mol. The van der Waals surface area contributed by atoms with E-state index in [4.69, 9.17) is 0 Å². The minimum Gasteiger partial charge on any atom is -0.393 e. The van der Waals surface area contributed by atoms with Crippen LogP contribution < -0.4 is 0 Å². The Morgan fingerprint density at radius 2 is 1.86 bits per heavy atom. The molecule has 82 valence electrons. The Bertz CT molecular complexity index is 204. The van der Waals surface area contributed by atoms with Gasteiger partial charge in [-0.1, -0.05) is 13.8 Å². The highest BCUT2D eigenvalue weighted by molar-refractivity contribution is 4.95. The maximum atomic E-state index is 9.81. The highest BCUT2D eigenvalue weighted by Crippen LogP contribution is 2.39. The first kappa shape index (κ1) is 10.4. The maximum absolute atomic E-state index is 9.81. The zero-order chi connectivity index (χ0) is 10.3. The van der Waals surface area contributed by atoms with Crippen LogP contribution >= 0.6 is 0 Å². The molecule has 1 N–H and O–H groups in total. The van der Waals surface area contributed by atoms with Crippen LogP contribution in [0.2, 0.25) is 0 Å². The Labute approximate surface area is 87.3 Å². The Balaban J connectivity index is 1.95. The lowest BCUT2D eigenvalue weighted by Gasteiger charge is -2.28. The first-order chi connectivity index (χ1) is 6.59. The molecule has 0 aromatic heterocycles. The zero-order valence-electron chi connectivity index (χ0n) is 9.61. The molecule has 2 aliphatic rings. The summed E-state index contributed by atoms with van der Waals surface area (Å²) in [5, 5.41) is 9.81. The second-order valence-electron chi connectivity index (χ2n) is 5.51. The molecule has 14 heavy (non-hydrogen) atoms. The van der Waals surface area contributed by atoms with Gasteiger partial charge < -0.3 is 5.11 Å². The SMILES string of the molecule is CC(C)C(C)N1CC2CCC(O)C2C1. The summed E-state index contributed by atoms with van der Waals surface area (Å²) in [6.07, 6.45) is 2.27. The molecule has 4 unspecified atom stereocenters. The Morgan fingerprint density at radius 3 is 2.43 bits per heavy atom. The third-order valence-electron chi connectivity index (χ3n) is 4.39. The number of aliphatic hydroxyl groups is 1. The van der Waals surface area contributed by atoms with E-state index >= 15 is 0 Å². The van der Waals surface area contributed by atoms with Crippen LogP contribution in [0.15, 0.2) is 0 Å². The van der Waals surface area contributed by atoms with Gasteiger partial charge in [0.25, 0.3) is 0 Å². The number of hydrogen-bond acceptors (Lipinski definition) is 2. The molecule has 0 aromatic carbocycles. The molecule has 2 heteroatoms. The zero-order valence-corrected chi connectivity index (χ0v) is 9.61. The van der Waals surface area contributed by atoms with E-state index in [9.17, 15) is 5.11 Å². The highest BCUT2D eigenvalue weighted by atomic mass is 16.3. The van der Waals surface area contributed by atoms with Crippen molar-refractivity contribution in [3.63, 3.8) is 0 Å². The Kier molecular flexibility index (Phi) is 2.85. The summed E-state index contributed by atoms with van der Waals surface area (Å²) in [7, 11) is 0. The number of aliphatic hydroxyl groups excluding tert-OH is 1. The summed E-state index contributed by atoms with van der Waals surface area (Å²) in [4.78, 5) is 2.57. The molecule has 1 heterocycles. The van der Waals surface area contributed by atoms with E-state index in [1.807, 2.05) is 0 Å². The Hall–Kier alpha value is -0.0800. The van der Waals surface area contributed by atoms with Gasteiger partial charge in [-0.15, -0.1) is 0 Å². The monoisotopic (exact) mass is 197 g/mol. The highest BCUT2D eigenvalue weighted by Gasteiger charge is 2.43. The second kappa shape index (κ2) is 3.82. The van der Waals surface area contributed by atoms with Crippen molar-refractivity contribution in [3.05, 3.63) is 0 Å². The summed E-state index contributed by atoms with van der Waals surface area (Å²) in [6.45, 7) is 9.24. The van der Waals surface area contributed by atoms with E-state index < -0.39 is 0 Å². The quantitative estimate of drug-likeness (QED) is 0.729. The van der Waals surface area contributed by atoms with Crippen LogP contribution in [0.5, 0.6) is 0 Å². The lowest BCUT2D eigenvalue weighted by atomic mass is 10.00. The maximum Gasteiger partial charge on any atom is 0.0583 e. The van der Waals surface area contributed by atoms with Gasteiger partial charge in [0.2, 0.25) is 0 Å². The van der Waals surface area contributed by atoms with Gasteiger partial charge in [0.15, 0.2) is 0 Å². The molecule has 0 spiro atoms. The summed E-state index contributed by atoms with van der Waals surface area (Å²) in [5.41, 5.74) is 0. The fourth-order valence-corrected chi connectivity index (χ4v) is 3.03. The molecule has 0 bridgehead atoms. The first-order valence-electron chi connectivity index (χ1n) is 6.01. The van der Waals surface area contributed by atoms with Crippen LogP contribution in [0.1, 0.15) is 33.6 Å². The third-order valence-corrected chi connectivity index (χ3v) is 4.39. The number of hydrogen-bond donors (Lipinski definition) is 1. The van der Waals surface area contributed by atoms with Crippen LogP contribution in [-0.4, -0.2) is 35.2 Å². The van der Waals surface area contributed by atoms with Gasteiger partial charge in [-0.3, -0.25) is 4.90 Å². The van der Waals surface area contributed by atoms with Crippen LogP contribution in [0.3, 0.4) is 0 Å². The standard InChI is InChI=1S/C12H23NO/c1-8(2)9(3)13-6-10-4-5-12(14)11(10)7-13/h8-12,14H,4-7H2,1-3H3. The predicted octanol–water partition coefficient (Wildman–Crippen LogP) is 1.73. The Morgan fingerprint density at radius 1 is 1.14 bits per heavy atom. The molecule has 1 aliphatic carbocycles. The molecule has 4 atom stereocenters. The summed E-state index contributed by atoms with van der Waals surface area (Å²) in [6, 6.07) is 0.674. The van der Waals surface area contributed by atoms with Gasteiger partial charge in [-0.05, 0) is 31.6 Å². The number of fused-ring (bicyclic) bond motifs is 1. The molecule has 2 fully saturated rings. The van der Waals surface area contributed by atoms with Crippen LogP contribution in [0.25, 0.3) is 0 Å². The van der Waals surface area contributed by atoms with Gasteiger partial charge in [0.1, 0.15) is 0 Å². The molecule has 1 aliphatic heterocycles. The molecule has 1 saturated carbocycles. The lowest BCUT2D eigenvalue weighted by Crippen LogP contribution is -2.36. The average molecular weight is 197 g/mol. The molecule has 0 aromatic rings. The van der Waals surface area contributed by atoms with Crippen LogP contribution in [0, 0.1) is 17.8 Å². The normalized spacial score (nSPS) is 40.5. The van der Waals surface area contributed by atoms with Crippen molar-refractivity contribution in [1.82, 2.24) is 4.90 Å². The minimum atomic E-state index is -0.00985. The number of nitrogens with zero attached hydrogens (tertiary/aromatic N) is 1. The minimum absolute atomic E-state index is 0.00985. The number of likely N-dealkylation sites (tertiary alicyclic amines) is 1.